The van der Waals surface area contributed by atoms with Crippen molar-refractivity contribution in [3.63, 3.8) is 0 Å². The van der Waals surface area contributed by atoms with Crippen LogP contribution in [0.15, 0.2) is 42.5 Å². The predicted octanol–water partition coefficient (Wildman–Crippen LogP) is 3.88. The van der Waals surface area contributed by atoms with Crippen LogP contribution in [0.2, 0.25) is 0 Å². The third-order valence-electron chi connectivity index (χ3n) is 4.49. The number of hydrogen-bond acceptors (Lipinski definition) is 5. The summed E-state index contributed by atoms with van der Waals surface area (Å²) in [5.74, 6) is -0.463. The summed E-state index contributed by atoms with van der Waals surface area (Å²) in [4.78, 5) is 19.2. The van der Waals surface area contributed by atoms with Gasteiger partial charge in [0.05, 0.1) is 16.8 Å². The van der Waals surface area contributed by atoms with Crippen molar-refractivity contribution in [1.82, 2.24) is 4.98 Å². The number of amides is 1. The van der Waals surface area contributed by atoms with E-state index in [1.165, 1.54) is 23.2 Å². The summed E-state index contributed by atoms with van der Waals surface area (Å²) in [7, 11) is -3.51. The summed E-state index contributed by atoms with van der Waals surface area (Å²) in [6.07, 6.45) is 1.09. The van der Waals surface area contributed by atoms with Crippen molar-refractivity contribution in [2.45, 2.75) is 32.6 Å². The van der Waals surface area contributed by atoms with E-state index in [4.69, 9.17) is 0 Å². The first kappa shape index (κ1) is 19.5. The number of sulfone groups is 1. The maximum Gasteiger partial charge on any atom is 0.247 e. The number of rotatable bonds is 5. The minimum atomic E-state index is -3.51. The molecule has 0 aliphatic heterocycles. The van der Waals surface area contributed by atoms with Crippen LogP contribution >= 0.6 is 11.3 Å². The monoisotopic (exact) mass is 402 g/mol. The second-order valence-electron chi connectivity index (χ2n) is 6.81. The van der Waals surface area contributed by atoms with Crippen molar-refractivity contribution in [2.24, 2.45) is 0 Å². The minimum absolute atomic E-state index is 0.275. The van der Waals surface area contributed by atoms with Crippen molar-refractivity contribution >= 4 is 42.4 Å². The summed E-state index contributed by atoms with van der Waals surface area (Å²) in [6.45, 7) is 5.71. The van der Waals surface area contributed by atoms with Crippen LogP contribution in [0.25, 0.3) is 10.2 Å². The summed E-state index contributed by atoms with van der Waals surface area (Å²) in [5, 5.41) is -0.612. The molecular formula is C20H22N2O3S2. The van der Waals surface area contributed by atoms with E-state index in [1.807, 2.05) is 56.3 Å². The highest BCUT2D eigenvalue weighted by molar-refractivity contribution is 7.92. The molecule has 0 spiro atoms. The average molecular weight is 403 g/mol. The fourth-order valence-corrected chi connectivity index (χ4v) is 4.52. The number of thiazole rings is 1. The van der Waals surface area contributed by atoms with Crippen LogP contribution in [-0.4, -0.2) is 30.8 Å². The Morgan fingerprint density at radius 1 is 1.19 bits per heavy atom. The Hall–Kier alpha value is -2.25. The maximum atomic E-state index is 13.0. The molecule has 1 aromatic heterocycles. The summed E-state index contributed by atoms with van der Waals surface area (Å²) in [6, 6.07) is 13.6. The number of benzene rings is 2. The fourth-order valence-electron chi connectivity index (χ4n) is 2.88. The van der Waals surface area contributed by atoms with E-state index >= 15 is 0 Å². The second kappa shape index (κ2) is 7.40. The van der Waals surface area contributed by atoms with Crippen LogP contribution in [0.3, 0.4) is 0 Å². The first-order valence-corrected chi connectivity index (χ1v) is 11.4. The number of anilines is 1. The Labute approximate surface area is 163 Å². The number of carbonyl (C=O) groups is 1. The van der Waals surface area contributed by atoms with Gasteiger partial charge in [-0.1, -0.05) is 47.7 Å². The molecule has 0 N–H and O–H groups in total. The number of carbonyl (C=O) groups excluding carboxylic acids is 1. The lowest BCUT2D eigenvalue weighted by atomic mass is 10.1. The average Bonchev–Trinajstić information content (AvgIpc) is 3.02. The van der Waals surface area contributed by atoms with E-state index in [9.17, 15) is 13.2 Å². The first-order valence-electron chi connectivity index (χ1n) is 8.59. The molecule has 0 saturated heterocycles. The van der Waals surface area contributed by atoms with E-state index in [0.717, 1.165) is 33.2 Å². The highest BCUT2D eigenvalue weighted by Gasteiger charge is 2.31. The zero-order valence-electron chi connectivity index (χ0n) is 15.8. The van der Waals surface area contributed by atoms with Gasteiger partial charge in [-0.25, -0.2) is 13.4 Å². The molecule has 1 heterocycles. The van der Waals surface area contributed by atoms with Crippen LogP contribution in [0, 0.1) is 13.8 Å². The van der Waals surface area contributed by atoms with Crippen molar-refractivity contribution in [3.05, 3.63) is 59.2 Å². The van der Waals surface area contributed by atoms with Gasteiger partial charge in [-0.15, -0.1) is 0 Å². The van der Waals surface area contributed by atoms with Crippen LogP contribution in [0.4, 0.5) is 5.13 Å². The third-order valence-corrected chi connectivity index (χ3v) is 7.00. The molecule has 2 aromatic carbocycles. The van der Waals surface area contributed by atoms with Crippen LogP contribution in [0.5, 0.6) is 0 Å². The van der Waals surface area contributed by atoms with Gasteiger partial charge in [0, 0.05) is 6.26 Å². The molecule has 0 bridgehead atoms. The number of aromatic nitrogens is 1. The minimum Gasteiger partial charge on any atom is -0.282 e. The zero-order valence-corrected chi connectivity index (χ0v) is 17.4. The number of hydrogen-bond donors (Lipinski definition) is 0. The molecule has 0 radical (unpaired) electrons. The molecule has 1 unspecified atom stereocenters. The first-order chi connectivity index (χ1) is 12.7. The van der Waals surface area contributed by atoms with Gasteiger partial charge < -0.3 is 0 Å². The molecule has 7 heteroatoms. The molecule has 0 aliphatic rings. The maximum absolute atomic E-state index is 13.0. The lowest BCUT2D eigenvalue weighted by molar-refractivity contribution is -0.118. The smallest absolute Gasteiger partial charge is 0.247 e. The standard InChI is InChI=1S/C20H22N2O3S2/c1-13-10-14(2)18-17(11-13)26-20(21-18)22(12-16-8-6-5-7-9-16)19(23)15(3)27(4,24)25/h5-11,15H,12H2,1-4H3. The zero-order chi connectivity index (χ0) is 19.8. The summed E-state index contributed by atoms with van der Waals surface area (Å²) >= 11 is 1.41. The highest BCUT2D eigenvalue weighted by atomic mass is 32.2. The normalized spacial score (nSPS) is 12.9. The van der Waals surface area contributed by atoms with Crippen LogP contribution < -0.4 is 4.90 Å². The lowest BCUT2D eigenvalue weighted by Crippen LogP contribution is -2.41. The lowest BCUT2D eigenvalue weighted by Gasteiger charge is -2.22. The predicted molar refractivity (Wildman–Crippen MR) is 111 cm³/mol. The third kappa shape index (κ3) is 4.20. The van der Waals surface area contributed by atoms with Gasteiger partial charge in [0.2, 0.25) is 5.91 Å². The topological polar surface area (TPSA) is 67.3 Å². The molecule has 27 heavy (non-hydrogen) atoms. The number of aryl methyl sites for hydroxylation is 2. The van der Waals surface area contributed by atoms with Gasteiger partial charge in [-0.3, -0.25) is 9.69 Å². The second-order valence-corrected chi connectivity index (χ2v) is 10.2. The van der Waals surface area contributed by atoms with Gasteiger partial charge in [0.25, 0.3) is 0 Å². The van der Waals surface area contributed by atoms with E-state index in [1.54, 1.807) is 0 Å². The van der Waals surface area contributed by atoms with Gasteiger partial charge in [-0.05, 0) is 43.5 Å². The molecule has 5 nitrogen and oxygen atoms in total. The van der Waals surface area contributed by atoms with Crippen molar-refractivity contribution in [1.29, 1.82) is 0 Å². The molecule has 1 atom stereocenters. The van der Waals surface area contributed by atoms with Crippen molar-refractivity contribution in [3.8, 4) is 0 Å². The number of nitrogens with zero attached hydrogens (tertiary/aromatic N) is 2. The number of fused-ring (bicyclic) bond motifs is 1. The SMILES string of the molecule is Cc1cc(C)c2nc(N(Cc3ccccc3)C(=O)C(C)S(C)(=O)=O)sc2c1. The van der Waals surface area contributed by atoms with Gasteiger partial charge >= 0.3 is 0 Å². The van der Waals surface area contributed by atoms with E-state index in [-0.39, 0.29) is 6.54 Å². The molecule has 0 saturated carbocycles. The van der Waals surface area contributed by atoms with Gasteiger partial charge in [0.15, 0.2) is 15.0 Å². The molecule has 0 fully saturated rings. The van der Waals surface area contributed by atoms with E-state index in [2.05, 4.69) is 4.98 Å². The Balaban J connectivity index is 2.09. The fraction of sp³-hybridized carbons (Fsp3) is 0.300. The van der Waals surface area contributed by atoms with Crippen LogP contribution in [-0.2, 0) is 21.2 Å². The van der Waals surface area contributed by atoms with Crippen LogP contribution in [0.1, 0.15) is 23.6 Å². The Kier molecular flexibility index (Phi) is 5.35. The molecular weight excluding hydrogens is 380 g/mol. The Bertz CT molecular complexity index is 1090. The van der Waals surface area contributed by atoms with Gasteiger partial charge in [-0.2, -0.15) is 0 Å². The van der Waals surface area contributed by atoms with Crippen molar-refractivity contribution < 1.29 is 13.2 Å². The highest BCUT2D eigenvalue weighted by Crippen LogP contribution is 2.33. The van der Waals surface area contributed by atoms with E-state index in [0.29, 0.717) is 5.13 Å². The molecule has 1 amide bonds. The van der Waals surface area contributed by atoms with E-state index < -0.39 is 21.0 Å². The van der Waals surface area contributed by atoms with Crippen molar-refractivity contribution in [2.75, 3.05) is 11.2 Å². The molecule has 142 valence electrons. The quantitative estimate of drug-likeness (QED) is 0.649. The molecule has 3 aromatic rings. The van der Waals surface area contributed by atoms with Gasteiger partial charge in [0.1, 0.15) is 5.25 Å². The summed E-state index contributed by atoms with van der Waals surface area (Å²) in [5.41, 5.74) is 3.92. The Morgan fingerprint density at radius 2 is 1.85 bits per heavy atom. The summed E-state index contributed by atoms with van der Waals surface area (Å²) < 4.78 is 24.9. The Morgan fingerprint density at radius 3 is 2.48 bits per heavy atom. The largest absolute Gasteiger partial charge is 0.282 e. The molecule has 3 rings (SSSR count). The molecule has 0 aliphatic carbocycles.